The fraction of sp³-hybridized carbons (Fsp3) is 0.545. The van der Waals surface area contributed by atoms with Crippen molar-refractivity contribution in [1.82, 2.24) is 15.5 Å². The van der Waals surface area contributed by atoms with E-state index in [1.54, 1.807) is 13.0 Å². The van der Waals surface area contributed by atoms with Crippen LogP contribution in [-0.4, -0.2) is 33.2 Å². The van der Waals surface area contributed by atoms with Crippen molar-refractivity contribution in [2.24, 2.45) is 5.92 Å². The second kappa shape index (κ2) is 5.47. The minimum atomic E-state index is -1.03. The molecule has 17 heavy (non-hydrogen) atoms. The molecule has 0 aromatic carbocycles. The normalized spacial score (nSPS) is 12.5. The average molecular weight is 239 g/mol. The van der Waals surface area contributed by atoms with Crippen LogP contribution in [0.25, 0.3) is 0 Å². The van der Waals surface area contributed by atoms with Gasteiger partial charge in [0.25, 0.3) is 5.91 Å². The molecular weight excluding hydrogens is 222 g/mol. The minimum absolute atomic E-state index is 0.192. The molecule has 94 valence electrons. The van der Waals surface area contributed by atoms with Crippen molar-refractivity contribution in [3.63, 3.8) is 0 Å². The highest BCUT2D eigenvalue weighted by atomic mass is 16.4. The van der Waals surface area contributed by atoms with Gasteiger partial charge < -0.3 is 10.4 Å². The first-order valence-corrected chi connectivity index (χ1v) is 5.45. The number of aryl methyl sites for hydroxylation is 1. The predicted octanol–water partition coefficient (Wildman–Crippen LogP) is 0.947. The van der Waals surface area contributed by atoms with Crippen molar-refractivity contribution in [2.75, 3.05) is 0 Å². The third-order valence-electron chi connectivity index (χ3n) is 2.25. The first kappa shape index (κ1) is 13.2. The summed E-state index contributed by atoms with van der Waals surface area (Å²) in [4.78, 5) is 22.7. The van der Waals surface area contributed by atoms with E-state index in [-0.39, 0.29) is 11.6 Å². The van der Waals surface area contributed by atoms with E-state index in [4.69, 9.17) is 5.11 Å². The first-order chi connectivity index (χ1) is 7.90. The molecule has 0 spiro atoms. The Morgan fingerprint density at radius 3 is 2.59 bits per heavy atom. The molecule has 0 bridgehead atoms. The summed E-state index contributed by atoms with van der Waals surface area (Å²) in [7, 11) is 0. The number of nitrogens with zero attached hydrogens (tertiary/aromatic N) is 1. The van der Waals surface area contributed by atoms with Crippen LogP contribution in [0.3, 0.4) is 0 Å². The zero-order valence-electron chi connectivity index (χ0n) is 10.2. The van der Waals surface area contributed by atoms with Gasteiger partial charge in [-0.25, -0.2) is 4.79 Å². The van der Waals surface area contributed by atoms with Gasteiger partial charge in [-0.3, -0.25) is 9.89 Å². The number of carboxylic acid groups (broad SMARTS) is 1. The summed E-state index contributed by atoms with van der Waals surface area (Å²) in [5, 5.41) is 17.8. The molecule has 0 aliphatic heterocycles. The van der Waals surface area contributed by atoms with Gasteiger partial charge in [-0.15, -0.1) is 0 Å². The molecule has 0 radical (unpaired) electrons. The number of carbonyl (C=O) groups is 2. The van der Waals surface area contributed by atoms with Crippen molar-refractivity contribution in [1.29, 1.82) is 0 Å². The van der Waals surface area contributed by atoms with Gasteiger partial charge >= 0.3 is 5.97 Å². The molecule has 1 amide bonds. The summed E-state index contributed by atoms with van der Waals surface area (Å²) in [6, 6.07) is 0.698. The second-order valence-electron chi connectivity index (χ2n) is 4.43. The Balaban J connectivity index is 2.67. The quantitative estimate of drug-likeness (QED) is 0.712. The average Bonchev–Trinajstić information content (AvgIpc) is 2.63. The number of hydrogen-bond donors (Lipinski definition) is 3. The second-order valence-corrected chi connectivity index (χ2v) is 4.43. The molecule has 1 atom stereocenters. The van der Waals surface area contributed by atoms with Crippen molar-refractivity contribution in [3.8, 4) is 0 Å². The Labute approximate surface area is 99.4 Å². The lowest BCUT2D eigenvalue weighted by Crippen LogP contribution is -2.41. The number of aromatic amines is 1. The van der Waals surface area contributed by atoms with Crippen LogP contribution in [0.15, 0.2) is 6.07 Å². The van der Waals surface area contributed by atoms with Crippen molar-refractivity contribution in [3.05, 3.63) is 17.5 Å². The van der Waals surface area contributed by atoms with E-state index in [0.29, 0.717) is 6.42 Å². The minimum Gasteiger partial charge on any atom is -0.480 e. The maximum absolute atomic E-state index is 11.7. The summed E-state index contributed by atoms with van der Waals surface area (Å²) in [6.07, 6.45) is 0.393. The van der Waals surface area contributed by atoms with Gasteiger partial charge in [-0.05, 0) is 25.3 Å². The topological polar surface area (TPSA) is 95.1 Å². The van der Waals surface area contributed by atoms with Crippen LogP contribution in [0, 0.1) is 12.8 Å². The van der Waals surface area contributed by atoms with Crippen LogP contribution in [0.2, 0.25) is 0 Å². The lowest BCUT2D eigenvalue weighted by Gasteiger charge is -2.15. The molecule has 0 saturated carbocycles. The number of rotatable bonds is 5. The van der Waals surface area contributed by atoms with Crippen LogP contribution in [0.5, 0.6) is 0 Å². The predicted molar refractivity (Wildman–Crippen MR) is 61.7 cm³/mol. The Bertz CT molecular complexity index is 412. The standard InChI is InChI=1S/C11H17N3O3/c1-6(2)4-9(11(16)17)12-10(15)8-5-7(3)13-14-8/h5-6,9H,4H2,1-3H3,(H,12,15)(H,13,14)(H,16,17)/t9-/m1/s1. The number of aliphatic carboxylic acids is 1. The smallest absolute Gasteiger partial charge is 0.326 e. The largest absolute Gasteiger partial charge is 0.480 e. The van der Waals surface area contributed by atoms with Gasteiger partial charge in [0.15, 0.2) is 0 Å². The summed E-state index contributed by atoms with van der Waals surface area (Å²) in [5.41, 5.74) is 0.961. The third-order valence-corrected chi connectivity index (χ3v) is 2.25. The molecule has 0 saturated heterocycles. The highest BCUT2D eigenvalue weighted by Crippen LogP contribution is 2.06. The zero-order chi connectivity index (χ0) is 13.0. The van der Waals surface area contributed by atoms with Gasteiger partial charge in [-0.2, -0.15) is 5.10 Å². The zero-order valence-corrected chi connectivity index (χ0v) is 10.2. The molecule has 1 rings (SSSR count). The molecule has 6 nitrogen and oxygen atoms in total. The molecule has 1 heterocycles. The van der Waals surface area contributed by atoms with E-state index in [1.807, 2.05) is 13.8 Å². The monoisotopic (exact) mass is 239 g/mol. The molecule has 0 aliphatic carbocycles. The molecule has 0 unspecified atom stereocenters. The number of nitrogens with one attached hydrogen (secondary N) is 2. The molecule has 1 aromatic rings. The van der Waals surface area contributed by atoms with Crippen molar-refractivity contribution >= 4 is 11.9 Å². The van der Waals surface area contributed by atoms with Crippen LogP contribution in [0.4, 0.5) is 0 Å². The fourth-order valence-corrected chi connectivity index (χ4v) is 1.46. The molecule has 6 heteroatoms. The fourth-order valence-electron chi connectivity index (χ4n) is 1.46. The van der Waals surface area contributed by atoms with E-state index in [9.17, 15) is 9.59 Å². The van der Waals surface area contributed by atoms with Crippen LogP contribution in [-0.2, 0) is 4.79 Å². The maximum Gasteiger partial charge on any atom is 0.326 e. The van der Waals surface area contributed by atoms with E-state index >= 15 is 0 Å². The van der Waals surface area contributed by atoms with Crippen LogP contribution in [0.1, 0.15) is 36.5 Å². The van der Waals surface area contributed by atoms with Crippen LogP contribution < -0.4 is 5.32 Å². The van der Waals surface area contributed by atoms with Gasteiger partial charge in [0.1, 0.15) is 11.7 Å². The number of H-pyrrole nitrogens is 1. The van der Waals surface area contributed by atoms with E-state index in [2.05, 4.69) is 15.5 Å². The SMILES string of the molecule is Cc1cc(C(=O)N[C@H](CC(C)C)C(=O)O)n[nH]1. The summed E-state index contributed by atoms with van der Waals surface area (Å²) in [6.45, 7) is 5.58. The maximum atomic E-state index is 11.7. The lowest BCUT2D eigenvalue weighted by atomic mass is 10.0. The van der Waals surface area contributed by atoms with Gasteiger partial charge in [0.05, 0.1) is 0 Å². The van der Waals surface area contributed by atoms with Crippen molar-refractivity contribution < 1.29 is 14.7 Å². The van der Waals surface area contributed by atoms with Gasteiger partial charge in [-0.1, -0.05) is 13.8 Å². The van der Waals surface area contributed by atoms with E-state index < -0.39 is 17.9 Å². The summed E-state index contributed by atoms with van der Waals surface area (Å²) < 4.78 is 0. The Morgan fingerprint density at radius 1 is 1.53 bits per heavy atom. The first-order valence-electron chi connectivity index (χ1n) is 5.45. The summed E-state index contributed by atoms with van der Waals surface area (Å²) >= 11 is 0. The lowest BCUT2D eigenvalue weighted by molar-refractivity contribution is -0.139. The molecule has 1 aromatic heterocycles. The van der Waals surface area contributed by atoms with Crippen molar-refractivity contribution in [2.45, 2.75) is 33.2 Å². The molecule has 0 aliphatic rings. The number of aromatic nitrogens is 2. The number of carboxylic acids is 1. The highest BCUT2D eigenvalue weighted by molar-refractivity contribution is 5.94. The summed E-state index contributed by atoms with van der Waals surface area (Å²) in [5.74, 6) is -1.31. The molecule has 3 N–H and O–H groups in total. The van der Waals surface area contributed by atoms with E-state index in [0.717, 1.165) is 5.69 Å². The number of carbonyl (C=O) groups excluding carboxylic acids is 1. The third kappa shape index (κ3) is 3.90. The van der Waals surface area contributed by atoms with E-state index in [1.165, 1.54) is 0 Å². The Kier molecular flexibility index (Phi) is 4.25. The highest BCUT2D eigenvalue weighted by Gasteiger charge is 2.22. The van der Waals surface area contributed by atoms with Crippen LogP contribution >= 0.6 is 0 Å². The number of amides is 1. The Morgan fingerprint density at radius 2 is 2.18 bits per heavy atom. The molecule has 0 fully saturated rings. The van der Waals surface area contributed by atoms with Gasteiger partial charge in [0, 0.05) is 5.69 Å². The van der Waals surface area contributed by atoms with Gasteiger partial charge in [0.2, 0.25) is 0 Å². The Hall–Kier alpha value is -1.85. The molecular formula is C11H17N3O3. The number of hydrogen-bond acceptors (Lipinski definition) is 3.